The maximum absolute atomic E-state index is 12.6. The normalized spacial score (nSPS) is 15.3. The zero-order chi connectivity index (χ0) is 14.7. The van der Waals surface area contributed by atoms with E-state index < -0.39 is 0 Å². The fourth-order valence-corrected chi connectivity index (χ4v) is 2.32. The molecule has 1 aromatic rings. The monoisotopic (exact) mass is 277 g/mol. The highest BCUT2D eigenvalue weighted by molar-refractivity contribution is 5.97. The average Bonchev–Trinajstić information content (AvgIpc) is 3.03. The smallest absolute Gasteiger partial charge is 0.277 e. The standard InChI is InChI=1S/C14H19N3O3/c1-4-5-7-12(18)16-8-6-9-17(16)14(19)13-10(2)15-20-11(13)3/h4-5H,6-9H2,1-3H3. The van der Waals surface area contributed by atoms with Crippen molar-refractivity contribution in [2.24, 2.45) is 0 Å². The van der Waals surface area contributed by atoms with Gasteiger partial charge in [-0.1, -0.05) is 17.3 Å². The van der Waals surface area contributed by atoms with Crippen molar-refractivity contribution in [3.8, 4) is 0 Å². The molecule has 0 radical (unpaired) electrons. The minimum Gasteiger partial charge on any atom is -0.361 e. The Balaban J connectivity index is 2.19. The Morgan fingerprint density at radius 3 is 2.60 bits per heavy atom. The number of aromatic nitrogens is 1. The zero-order valence-electron chi connectivity index (χ0n) is 12.0. The van der Waals surface area contributed by atoms with Crippen LogP contribution in [0.1, 0.15) is 41.6 Å². The fourth-order valence-electron chi connectivity index (χ4n) is 2.32. The van der Waals surface area contributed by atoms with E-state index in [9.17, 15) is 9.59 Å². The van der Waals surface area contributed by atoms with Gasteiger partial charge in [0.05, 0.1) is 5.69 Å². The summed E-state index contributed by atoms with van der Waals surface area (Å²) in [5.74, 6) is 0.202. The number of carbonyl (C=O) groups is 2. The van der Waals surface area contributed by atoms with E-state index >= 15 is 0 Å². The molecule has 6 nitrogen and oxygen atoms in total. The summed E-state index contributed by atoms with van der Waals surface area (Å²) in [5.41, 5.74) is 1.01. The number of carbonyl (C=O) groups excluding carboxylic acids is 2. The third-order valence-electron chi connectivity index (χ3n) is 3.33. The van der Waals surface area contributed by atoms with Gasteiger partial charge in [-0.2, -0.15) is 0 Å². The van der Waals surface area contributed by atoms with Crippen LogP contribution in [0.15, 0.2) is 16.7 Å². The molecular weight excluding hydrogens is 258 g/mol. The van der Waals surface area contributed by atoms with Gasteiger partial charge < -0.3 is 4.52 Å². The Labute approximate surface area is 118 Å². The highest BCUT2D eigenvalue weighted by atomic mass is 16.5. The Morgan fingerprint density at radius 2 is 2.00 bits per heavy atom. The van der Waals surface area contributed by atoms with Crippen LogP contribution in [0.4, 0.5) is 0 Å². The second-order valence-corrected chi connectivity index (χ2v) is 4.77. The van der Waals surface area contributed by atoms with Gasteiger partial charge in [0.15, 0.2) is 0 Å². The number of aryl methyl sites for hydroxylation is 2. The summed E-state index contributed by atoms with van der Waals surface area (Å²) >= 11 is 0. The Morgan fingerprint density at radius 1 is 1.30 bits per heavy atom. The van der Waals surface area contributed by atoms with E-state index in [0.29, 0.717) is 36.5 Å². The molecular formula is C14H19N3O3. The van der Waals surface area contributed by atoms with E-state index in [1.807, 2.05) is 13.0 Å². The predicted molar refractivity (Wildman–Crippen MR) is 72.8 cm³/mol. The summed E-state index contributed by atoms with van der Waals surface area (Å²) in [6.45, 7) is 6.42. The molecule has 2 amide bonds. The molecule has 1 fully saturated rings. The largest absolute Gasteiger partial charge is 0.361 e. The van der Waals surface area contributed by atoms with Gasteiger partial charge in [0.25, 0.3) is 5.91 Å². The number of hydrogen-bond acceptors (Lipinski definition) is 4. The summed E-state index contributed by atoms with van der Waals surface area (Å²) in [5, 5.41) is 6.81. The molecule has 108 valence electrons. The summed E-state index contributed by atoms with van der Waals surface area (Å²) < 4.78 is 5.02. The first-order chi connectivity index (χ1) is 9.56. The van der Waals surface area contributed by atoms with Crippen LogP contribution in [-0.4, -0.2) is 40.1 Å². The van der Waals surface area contributed by atoms with E-state index in [-0.39, 0.29) is 11.8 Å². The maximum Gasteiger partial charge on any atom is 0.277 e. The lowest BCUT2D eigenvalue weighted by molar-refractivity contribution is -0.139. The van der Waals surface area contributed by atoms with E-state index in [1.54, 1.807) is 19.9 Å². The number of amides is 2. The van der Waals surface area contributed by atoms with Gasteiger partial charge in [0, 0.05) is 19.5 Å². The Bertz CT molecular complexity index is 528. The molecule has 0 aromatic carbocycles. The van der Waals surface area contributed by atoms with Crippen LogP contribution in [0.2, 0.25) is 0 Å². The molecule has 0 bridgehead atoms. The van der Waals surface area contributed by atoms with Gasteiger partial charge in [-0.25, -0.2) is 5.01 Å². The fraction of sp³-hybridized carbons (Fsp3) is 0.500. The van der Waals surface area contributed by atoms with E-state index in [2.05, 4.69) is 5.16 Å². The Kier molecular flexibility index (Phi) is 4.22. The van der Waals surface area contributed by atoms with Gasteiger partial charge in [-0.05, 0) is 27.2 Å². The molecule has 6 heteroatoms. The topological polar surface area (TPSA) is 66.7 Å². The second kappa shape index (κ2) is 5.90. The molecule has 0 N–H and O–H groups in total. The van der Waals surface area contributed by atoms with Crippen LogP contribution in [0.25, 0.3) is 0 Å². The number of rotatable bonds is 3. The molecule has 0 saturated carbocycles. The molecule has 1 aliphatic heterocycles. The molecule has 2 rings (SSSR count). The van der Waals surface area contributed by atoms with Crippen molar-refractivity contribution in [3.63, 3.8) is 0 Å². The lowest BCUT2D eigenvalue weighted by Gasteiger charge is -2.27. The molecule has 1 saturated heterocycles. The van der Waals surface area contributed by atoms with Gasteiger partial charge in [-0.3, -0.25) is 14.6 Å². The second-order valence-electron chi connectivity index (χ2n) is 4.77. The van der Waals surface area contributed by atoms with E-state index in [4.69, 9.17) is 4.52 Å². The summed E-state index contributed by atoms with van der Waals surface area (Å²) in [7, 11) is 0. The van der Waals surface area contributed by atoms with Crippen LogP contribution in [0, 0.1) is 13.8 Å². The van der Waals surface area contributed by atoms with Crippen molar-refractivity contribution in [1.82, 2.24) is 15.2 Å². The van der Waals surface area contributed by atoms with Crippen molar-refractivity contribution >= 4 is 11.8 Å². The van der Waals surface area contributed by atoms with Gasteiger partial charge in [0.2, 0.25) is 5.91 Å². The lowest BCUT2D eigenvalue weighted by atomic mass is 10.2. The van der Waals surface area contributed by atoms with Crippen LogP contribution in [0.3, 0.4) is 0 Å². The molecule has 0 aliphatic carbocycles. The minimum absolute atomic E-state index is 0.0688. The van der Waals surface area contributed by atoms with Gasteiger partial charge in [-0.15, -0.1) is 0 Å². The summed E-state index contributed by atoms with van der Waals surface area (Å²) in [6, 6.07) is 0. The van der Waals surface area contributed by atoms with Crippen molar-refractivity contribution in [2.75, 3.05) is 13.1 Å². The molecule has 0 unspecified atom stereocenters. The number of hydrazine groups is 1. The minimum atomic E-state index is -0.215. The van der Waals surface area contributed by atoms with Crippen LogP contribution in [0.5, 0.6) is 0 Å². The predicted octanol–water partition coefficient (Wildman–Crippen LogP) is 1.85. The number of hydrogen-bond donors (Lipinski definition) is 0. The first-order valence-corrected chi connectivity index (χ1v) is 6.72. The molecule has 0 atom stereocenters. The Hall–Kier alpha value is -2.11. The van der Waals surface area contributed by atoms with Gasteiger partial charge >= 0.3 is 0 Å². The molecule has 1 aliphatic rings. The average molecular weight is 277 g/mol. The molecule has 2 heterocycles. The van der Waals surface area contributed by atoms with Crippen molar-refractivity contribution in [3.05, 3.63) is 29.2 Å². The van der Waals surface area contributed by atoms with Crippen LogP contribution < -0.4 is 0 Å². The summed E-state index contributed by atoms with van der Waals surface area (Å²) in [4.78, 5) is 24.7. The van der Waals surface area contributed by atoms with Crippen LogP contribution >= 0.6 is 0 Å². The number of allylic oxidation sites excluding steroid dienone is 1. The number of nitrogens with zero attached hydrogens (tertiary/aromatic N) is 3. The third kappa shape index (κ3) is 2.59. The van der Waals surface area contributed by atoms with E-state index in [0.717, 1.165) is 6.42 Å². The maximum atomic E-state index is 12.6. The lowest BCUT2D eigenvalue weighted by Crippen LogP contribution is -2.44. The quantitative estimate of drug-likeness (QED) is 0.791. The summed E-state index contributed by atoms with van der Waals surface area (Å²) in [6.07, 6.45) is 4.71. The zero-order valence-corrected chi connectivity index (χ0v) is 12.0. The first kappa shape index (κ1) is 14.3. The molecule has 0 spiro atoms. The van der Waals surface area contributed by atoms with Crippen LogP contribution in [-0.2, 0) is 4.79 Å². The van der Waals surface area contributed by atoms with Gasteiger partial charge in [0.1, 0.15) is 11.3 Å². The van der Waals surface area contributed by atoms with Crippen molar-refractivity contribution in [1.29, 1.82) is 0 Å². The van der Waals surface area contributed by atoms with E-state index in [1.165, 1.54) is 10.0 Å². The molecule has 1 aromatic heterocycles. The SMILES string of the molecule is CC=CCC(=O)N1CCCN1C(=O)c1c(C)noc1C. The third-order valence-corrected chi connectivity index (χ3v) is 3.33. The van der Waals surface area contributed by atoms with Crippen molar-refractivity contribution < 1.29 is 14.1 Å². The molecule has 20 heavy (non-hydrogen) atoms. The van der Waals surface area contributed by atoms with Crippen molar-refractivity contribution in [2.45, 2.75) is 33.6 Å². The highest BCUT2D eigenvalue weighted by Crippen LogP contribution is 2.20. The first-order valence-electron chi connectivity index (χ1n) is 6.72. The highest BCUT2D eigenvalue weighted by Gasteiger charge is 2.33.